The van der Waals surface area contributed by atoms with Gasteiger partial charge in [-0.25, -0.2) is 0 Å². The van der Waals surface area contributed by atoms with Crippen LogP contribution in [0.5, 0.6) is 0 Å². The van der Waals surface area contributed by atoms with Crippen LogP contribution in [0.25, 0.3) is 0 Å². The number of fused-ring (bicyclic) bond motifs is 5. The van der Waals surface area contributed by atoms with Gasteiger partial charge in [-0.05, 0) is 86.9 Å². The molecule has 4 aliphatic rings. The van der Waals surface area contributed by atoms with Gasteiger partial charge >= 0.3 is 0 Å². The molecule has 0 aromatic carbocycles. The first-order valence-electron chi connectivity index (χ1n) is 8.51. The predicted octanol–water partition coefficient (Wildman–Crippen LogP) is 4.64. The maximum atomic E-state index is 9.89. The molecule has 110 valence electrons. The summed E-state index contributed by atoms with van der Waals surface area (Å²) in [5.74, 6) is 6.23. The Labute approximate surface area is 119 Å². The zero-order valence-electron chi connectivity index (χ0n) is 11.6. The van der Waals surface area contributed by atoms with Gasteiger partial charge in [0, 0.05) is 0 Å². The molecule has 4 rings (SSSR count). The molecule has 19 heavy (non-hydrogen) atoms. The van der Waals surface area contributed by atoms with Crippen molar-refractivity contribution in [2.75, 3.05) is 0 Å². The molecular formula is C18H32O. The third-order valence-electron chi connectivity index (χ3n) is 7.12. The van der Waals surface area contributed by atoms with E-state index < -0.39 is 0 Å². The lowest BCUT2D eigenvalue weighted by molar-refractivity contribution is -0.0457. The average Bonchev–Trinajstić information content (AvgIpc) is 2.86. The minimum Gasteiger partial charge on any atom is -0.393 e. The van der Waals surface area contributed by atoms with Crippen LogP contribution in [-0.2, 0) is 0 Å². The van der Waals surface area contributed by atoms with Gasteiger partial charge in [0.1, 0.15) is 0 Å². The zero-order valence-corrected chi connectivity index (χ0v) is 11.6. The minimum absolute atomic E-state index is 0. The van der Waals surface area contributed by atoms with Crippen LogP contribution in [0, 0.1) is 35.5 Å². The molecule has 7 unspecified atom stereocenters. The second-order valence-electron chi connectivity index (χ2n) is 7.73. The van der Waals surface area contributed by atoms with Crippen molar-refractivity contribution >= 4 is 0 Å². The average molecular weight is 264 g/mol. The normalized spacial score (nSPS) is 52.6. The molecule has 0 saturated heterocycles. The Bertz CT molecular complexity index is 313. The van der Waals surface area contributed by atoms with Crippen LogP contribution >= 0.6 is 0 Å². The molecule has 4 saturated carbocycles. The lowest BCUT2D eigenvalue weighted by atomic mass is 9.53. The lowest BCUT2D eigenvalue weighted by Crippen LogP contribution is -2.45. The van der Waals surface area contributed by atoms with Gasteiger partial charge in [0.2, 0.25) is 0 Å². The highest BCUT2D eigenvalue weighted by Gasteiger charge is 2.49. The molecule has 1 N–H and O–H groups in total. The molecule has 0 aromatic heterocycles. The molecule has 0 spiro atoms. The van der Waals surface area contributed by atoms with E-state index >= 15 is 0 Å². The molecule has 0 amide bonds. The molecular weight excluding hydrogens is 232 g/mol. The van der Waals surface area contributed by atoms with Gasteiger partial charge in [0.15, 0.2) is 0 Å². The molecule has 1 heteroatoms. The minimum atomic E-state index is 0. The van der Waals surface area contributed by atoms with Gasteiger partial charge in [0.05, 0.1) is 6.10 Å². The van der Waals surface area contributed by atoms with Gasteiger partial charge in [-0.3, -0.25) is 0 Å². The van der Waals surface area contributed by atoms with E-state index in [0.29, 0.717) is 0 Å². The predicted molar refractivity (Wildman–Crippen MR) is 79.8 cm³/mol. The summed E-state index contributed by atoms with van der Waals surface area (Å²) in [5, 5.41) is 9.89. The molecule has 0 aromatic rings. The van der Waals surface area contributed by atoms with E-state index in [1.807, 2.05) is 0 Å². The van der Waals surface area contributed by atoms with Gasteiger partial charge in [0.25, 0.3) is 0 Å². The highest BCUT2D eigenvalue weighted by Crippen LogP contribution is 2.57. The summed E-state index contributed by atoms with van der Waals surface area (Å²) in [5.41, 5.74) is 0. The summed E-state index contributed by atoms with van der Waals surface area (Å²) in [7, 11) is 0. The third kappa shape index (κ3) is 2.26. The Morgan fingerprint density at radius 3 is 2.00 bits per heavy atom. The first-order valence-corrected chi connectivity index (χ1v) is 8.51. The van der Waals surface area contributed by atoms with Crippen molar-refractivity contribution in [3.8, 4) is 0 Å². The van der Waals surface area contributed by atoms with E-state index in [1.165, 1.54) is 38.5 Å². The van der Waals surface area contributed by atoms with Gasteiger partial charge in [-0.15, -0.1) is 0 Å². The Balaban J connectivity index is 0.00000110. The number of aliphatic hydroxyl groups is 1. The highest BCUT2D eigenvalue weighted by atomic mass is 16.3. The second-order valence-corrected chi connectivity index (χ2v) is 7.73. The Kier molecular flexibility index (Phi) is 3.95. The molecule has 0 aliphatic heterocycles. The topological polar surface area (TPSA) is 20.2 Å². The molecule has 0 bridgehead atoms. The number of hydrogen-bond donors (Lipinski definition) is 1. The fourth-order valence-electron chi connectivity index (χ4n) is 6.45. The van der Waals surface area contributed by atoms with Crippen molar-refractivity contribution in [2.24, 2.45) is 35.5 Å². The van der Waals surface area contributed by atoms with E-state index in [4.69, 9.17) is 0 Å². The SMILES string of the molecule is C.OC1CCC2C(CCC3C4CCCC4CCC23)C1. The monoisotopic (exact) mass is 264 g/mol. The highest BCUT2D eigenvalue weighted by molar-refractivity contribution is 4.99. The number of hydrogen-bond acceptors (Lipinski definition) is 1. The van der Waals surface area contributed by atoms with Crippen LogP contribution < -0.4 is 0 Å². The summed E-state index contributed by atoms with van der Waals surface area (Å²) in [6, 6.07) is 0. The summed E-state index contributed by atoms with van der Waals surface area (Å²) in [6.45, 7) is 0. The van der Waals surface area contributed by atoms with E-state index in [9.17, 15) is 5.11 Å². The fourth-order valence-corrected chi connectivity index (χ4v) is 6.45. The smallest absolute Gasteiger partial charge is 0.0543 e. The summed E-state index contributed by atoms with van der Waals surface area (Å²) >= 11 is 0. The van der Waals surface area contributed by atoms with Crippen LogP contribution in [0.1, 0.15) is 71.6 Å². The van der Waals surface area contributed by atoms with Crippen molar-refractivity contribution in [2.45, 2.75) is 77.7 Å². The molecule has 4 aliphatic carbocycles. The van der Waals surface area contributed by atoms with Crippen LogP contribution in [0.3, 0.4) is 0 Å². The Morgan fingerprint density at radius 2 is 1.21 bits per heavy atom. The Morgan fingerprint density at radius 1 is 0.579 bits per heavy atom. The van der Waals surface area contributed by atoms with Crippen LogP contribution in [-0.4, -0.2) is 11.2 Å². The summed E-state index contributed by atoms with van der Waals surface area (Å²) in [6.07, 6.45) is 14.2. The van der Waals surface area contributed by atoms with Crippen LogP contribution in [0.15, 0.2) is 0 Å². The largest absolute Gasteiger partial charge is 0.393 e. The van der Waals surface area contributed by atoms with E-state index in [2.05, 4.69) is 0 Å². The van der Waals surface area contributed by atoms with Crippen molar-refractivity contribution in [3.63, 3.8) is 0 Å². The van der Waals surface area contributed by atoms with E-state index in [-0.39, 0.29) is 13.5 Å². The van der Waals surface area contributed by atoms with Gasteiger partial charge in [-0.2, -0.15) is 0 Å². The summed E-state index contributed by atoms with van der Waals surface area (Å²) < 4.78 is 0. The van der Waals surface area contributed by atoms with Crippen molar-refractivity contribution in [1.82, 2.24) is 0 Å². The van der Waals surface area contributed by atoms with E-state index in [1.54, 1.807) is 12.8 Å². The Hall–Kier alpha value is -0.0400. The molecule has 4 fully saturated rings. The first-order chi connectivity index (χ1) is 8.83. The molecule has 1 nitrogen and oxygen atoms in total. The lowest BCUT2D eigenvalue weighted by Gasteiger charge is -2.52. The van der Waals surface area contributed by atoms with Crippen LogP contribution in [0.2, 0.25) is 0 Å². The van der Waals surface area contributed by atoms with Crippen molar-refractivity contribution < 1.29 is 5.11 Å². The maximum Gasteiger partial charge on any atom is 0.0543 e. The second kappa shape index (κ2) is 5.39. The standard InChI is InChI=1S/C17H28O.CH4/c18-13-6-9-15-12(10-13)5-8-16-14-3-1-2-11(14)4-7-17(15)16;/h11-18H,1-10H2;1H4. The fraction of sp³-hybridized carbons (Fsp3) is 1.00. The number of aliphatic hydroxyl groups excluding tert-OH is 1. The first kappa shape index (κ1) is 13.9. The van der Waals surface area contributed by atoms with Gasteiger partial charge in [-0.1, -0.05) is 20.3 Å². The quantitative estimate of drug-likeness (QED) is 0.676. The van der Waals surface area contributed by atoms with E-state index in [0.717, 1.165) is 48.3 Å². The zero-order chi connectivity index (χ0) is 12.1. The molecule has 7 atom stereocenters. The van der Waals surface area contributed by atoms with Gasteiger partial charge < -0.3 is 5.11 Å². The van der Waals surface area contributed by atoms with Crippen molar-refractivity contribution in [1.29, 1.82) is 0 Å². The van der Waals surface area contributed by atoms with Crippen molar-refractivity contribution in [3.05, 3.63) is 0 Å². The third-order valence-corrected chi connectivity index (χ3v) is 7.12. The van der Waals surface area contributed by atoms with Crippen LogP contribution in [0.4, 0.5) is 0 Å². The molecule has 0 heterocycles. The maximum absolute atomic E-state index is 9.89. The number of rotatable bonds is 0. The molecule has 0 radical (unpaired) electrons. The summed E-state index contributed by atoms with van der Waals surface area (Å²) in [4.78, 5) is 0.